The van der Waals surface area contributed by atoms with Crippen LogP contribution in [0, 0.1) is 0 Å². The molecule has 0 aromatic heterocycles. The normalized spacial score (nSPS) is 22.4. The van der Waals surface area contributed by atoms with Crippen molar-refractivity contribution >= 4 is 66.5 Å². The zero-order chi connectivity index (χ0) is 20.9. The van der Waals surface area contributed by atoms with Crippen LogP contribution in [0.5, 0.6) is 0 Å². The van der Waals surface area contributed by atoms with Crippen LogP contribution in [0.25, 0.3) is 0 Å². The summed E-state index contributed by atoms with van der Waals surface area (Å²) in [7, 11) is -0.787. The van der Waals surface area contributed by atoms with Gasteiger partial charge in [0.05, 0.1) is 20.4 Å². The van der Waals surface area contributed by atoms with Crippen molar-refractivity contribution in [1.82, 2.24) is 9.99 Å². The number of carbonyl (C=O) groups is 2. The van der Waals surface area contributed by atoms with Crippen LogP contribution in [0.2, 0.25) is 0 Å². The Kier molecular flexibility index (Phi) is 9.70. The largest absolute Gasteiger partial charge is 0.456 e. The molecule has 1 amide bonds. The number of rotatable bonds is 10. The van der Waals surface area contributed by atoms with Gasteiger partial charge in [-0.05, 0) is 25.3 Å². The summed E-state index contributed by atoms with van der Waals surface area (Å²) >= 11 is 18.7. The highest BCUT2D eigenvalue weighted by Crippen LogP contribution is 2.44. The molecular formula is C18H29Cl3N2O3PS+. The van der Waals surface area contributed by atoms with Gasteiger partial charge in [-0.3, -0.25) is 9.69 Å². The van der Waals surface area contributed by atoms with E-state index in [4.69, 9.17) is 39.5 Å². The third kappa shape index (κ3) is 6.39. The Balaban J connectivity index is 2.04. The first-order valence-electron chi connectivity index (χ1n) is 9.69. The van der Waals surface area contributed by atoms with Crippen LogP contribution in [0.4, 0.5) is 0 Å². The van der Waals surface area contributed by atoms with Crippen LogP contribution in [0.1, 0.15) is 46.5 Å². The van der Waals surface area contributed by atoms with Crippen LogP contribution in [-0.4, -0.2) is 56.7 Å². The summed E-state index contributed by atoms with van der Waals surface area (Å²) in [5, 5.41) is 3.58. The second-order valence-corrected chi connectivity index (χ2v) is 13.3. The first kappa shape index (κ1) is 24.6. The van der Waals surface area contributed by atoms with Gasteiger partial charge in [0.1, 0.15) is 17.7 Å². The molecule has 0 saturated carbocycles. The highest BCUT2D eigenvalue weighted by molar-refractivity contribution is 8.00. The molecule has 160 valence electrons. The molecule has 2 aliphatic rings. The van der Waals surface area contributed by atoms with Crippen LogP contribution >= 0.6 is 54.6 Å². The molecule has 0 aromatic carbocycles. The highest BCUT2D eigenvalue weighted by atomic mass is 35.6. The van der Waals surface area contributed by atoms with Gasteiger partial charge < -0.3 is 4.74 Å². The molecule has 1 fully saturated rings. The molecule has 0 unspecified atom stereocenters. The van der Waals surface area contributed by atoms with Gasteiger partial charge in [-0.25, -0.2) is 4.79 Å². The minimum Gasteiger partial charge on any atom is -0.456 e. The van der Waals surface area contributed by atoms with Crippen molar-refractivity contribution in [3.05, 3.63) is 11.3 Å². The molecule has 1 N–H and O–H groups in total. The molecule has 2 aliphatic heterocycles. The second kappa shape index (κ2) is 11.1. The van der Waals surface area contributed by atoms with Crippen molar-refractivity contribution in [3.63, 3.8) is 0 Å². The molecule has 2 heterocycles. The van der Waals surface area contributed by atoms with Gasteiger partial charge in [-0.2, -0.15) is 5.09 Å². The van der Waals surface area contributed by atoms with E-state index in [1.807, 2.05) is 6.92 Å². The number of fused-ring (bicyclic) bond motifs is 1. The van der Waals surface area contributed by atoms with Crippen molar-refractivity contribution in [2.45, 2.75) is 61.7 Å². The Labute approximate surface area is 188 Å². The topological polar surface area (TPSA) is 58.6 Å². The molecule has 1 saturated heterocycles. The number of nitrogens with zero attached hydrogens (tertiary/aromatic N) is 1. The number of ether oxygens (including phenoxy) is 1. The van der Waals surface area contributed by atoms with Gasteiger partial charge >= 0.3 is 5.97 Å². The minimum absolute atomic E-state index is 0.0621. The predicted octanol–water partition coefficient (Wildman–Crippen LogP) is 4.78. The molecule has 0 spiro atoms. The number of thioether (sulfide) groups is 1. The maximum atomic E-state index is 12.9. The number of unbranched alkanes of at least 4 members (excludes halogenated alkanes) is 2. The van der Waals surface area contributed by atoms with E-state index < -0.39 is 17.8 Å². The Hall–Kier alpha value is 0.290. The van der Waals surface area contributed by atoms with Crippen LogP contribution in [0.3, 0.4) is 0 Å². The molecule has 10 heteroatoms. The molecule has 2 rings (SSSR count). The van der Waals surface area contributed by atoms with Gasteiger partial charge in [0.2, 0.25) is 3.79 Å². The molecular weight excluding hydrogens is 462 g/mol. The van der Waals surface area contributed by atoms with Crippen molar-refractivity contribution in [2.75, 3.05) is 24.7 Å². The fourth-order valence-corrected chi connectivity index (χ4v) is 7.65. The van der Waals surface area contributed by atoms with Gasteiger partial charge in [0.15, 0.2) is 6.04 Å². The number of hydrogen-bond donors (Lipinski definition) is 1. The van der Waals surface area contributed by atoms with E-state index in [0.29, 0.717) is 11.4 Å². The predicted molar refractivity (Wildman–Crippen MR) is 122 cm³/mol. The number of esters is 1. The summed E-state index contributed by atoms with van der Waals surface area (Å²) in [6.45, 7) is 5.86. The van der Waals surface area contributed by atoms with E-state index in [1.54, 1.807) is 16.7 Å². The number of hydrogen-bond acceptors (Lipinski definition) is 5. The van der Waals surface area contributed by atoms with Crippen molar-refractivity contribution in [2.24, 2.45) is 0 Å². The molecule has 0 aromatic rings. The average molecular weight is 491 g/mol. The molecule has 0 radical (unpaired) electrons. The lowest BCUT2D eigenvalue weighted by Crippen LogP contribution is -2.69. The van der Waals surface area contributed by atoms with E-state index in [2.05, 4.69) is 18.9 Å². The number of β-lactam (4-membered cyclic amide) rings is 1. The van der Waals surface area contributed by atoms with E-state index >= 15 is 0 Å². The lowest BCUT2D eigenvalue weighted by Gasteiger charge is -2.49. The van der Waals surface area contributed by atoms with Crippen LogP contribution < -0.4 is 5.09 Å². The SMILES string of the molecule is CCCC[PH+](CCCC)N[C@@H]1C(=O)N2C(C(=O)OCC(Cl)(Cl)Cl)=C(C)CS[C@@H]12. The summed E-state index contributed by atoms with van der Waals surface area (Å²) in [6.07, 6.45) is 7.00. The summed E-state index contributed by atoms with van der Waals surface area (Å²) in [5.74, 6) is 0.00731. The smallest absolute Gasteiger partial charge is 0.355 e. The molecule has 0 bridgehead atoms. The monoisotopic (exact) mass is 489 g/mol. The molecule has 2 atom stereocenters. The van der Waals surface area contributed by atoms with E-state index in [1.165, 1.54) is 12.8 Å². The third-order valence-corrected chi connectivity index (χ3v) is 9.13. The molecule has 0 aliphatic carbocycles. The summed E-state index contributed by atoms with van der Waals surface area (Å²) in [4.78, 5) is 27.0. The van der Waals surface area contributed by atoms with Gasteiger partial charge in [-0.1, -0.05) is 61.5 Å². The molecule has 5 nitrogen and oxygen atoms in total. The zero-order valence-corrected chi connectivity index (χ0v) is 20.6. The standard InChI is InChI=1S/C18H28Cl3N2O3PS/c1-4-6-8-27(9-7-5-2)22-13-15(24)23-14(12(3)10-28-16(13)23)17(25)26-11-18(19,20)21/h13,16,22H,4-11H2,1-3H3/p+1/t13-,16+/m1/s1. The number of alkyl halides is 3. The maximum Gasteiger partial charge on any atom is 0.355 e. The Morgan fingerprint density at radius 2 is 1.89 bits per heavy atom. The van der Waals surface area contributed by atoms with Gasteiger partial charge in [0.25, 0.3) is 5.91 Å². The third-order valence-electron chi connectivity index (χ3n) is 4.74. The summed E-state index contributed by atoms with van der Waals surface area (Å²) in [6, 6.07) is -0.225. The Bertz CT molecular complexity index is 607. The number of amides is 1. The number of nitrogens with one attached hydrogen (secondary N) is 1. The summed E-state index contributed by atoms with van der Waals surface area (Å²) < 4.78 is 3.46. The lowest BCUT2D eigenvalue weighted by atomic mass is 10.0. The average Bonchev–Trinajstić information content (AvgIpc) is 2.64. The second-order valence-electron chi connectivity index (χ2n) is 7.16. The first-order valence-corrected chi connectivity index (χ1v) is 13.8. The van der Waals surface area contributed by atoms with Crippen LogP contribution in [0.15, 0.2) is 11.3 Å². The Morgan fingerprint density at radius 1 is 1.29 bits per heavy atom. The van der Waals surface area contributed by atoms with Gasteiger partial charge in [-0.15, -0.1) is 11.8 Å². The Morgan fingerprint density at radius 3 is 2.43 bits per heavy atom. The summed E-state index contributed by atoms with van der Waals surface area (Å²) in [5.41, 5.74) is 1.11. The maximum absolute atomic E-state index is 12.9. The van der Waals surface area contributed by atoms with Crippen LogP contribution in [-0.2, 0) is 14.3 Å². The number of halogens is 3. The fraction of sp³-hybridized carbons (Fsp3) is 0.778. The fourth-order valence-electron chi connectivity index (χ4n) is 3.25. The van der Waals surface area contributed by atoms with Crippen molar-refractivity contribution < 1.29 is 14.3 Å². The zero-order valence-electron chi connectivity index (χ0n) is 16.5. The van der Waals surface area contributed by atoms with Crippen molar-refractivity contribution in [1.29, 1.82) is 0 Å². The first-order chi connectivity index (χ1) is 13.2. The molecule has 28 heavy (non-hydrogen) atoms. The van der Waals surface area contributed by atoms with Gasteiger partial charge in [0, 0.05) is 5.75 Å². The minimum atomic E-state index is -1.67. The lowest BCUT2D eigenvalue weighted by molar-refractivity contribution is -0.151. The quantitative estimate of drug-likeness (QED) is 0.207. The van der Waals surface area contributed by atoms with Crippen molar-refractivity contribution in [3.8, 4) is 0 Å². The van der Waals surface area contributed by atoms with E-state index in [0.717, 1.165) is 30.7 Å². The van der Waals surface area contributed by atoms with E-state index in [9.17, 15) is 9.59 Å². The highest BCUT2D eigenvalue weighted by Gasteiger charge is 2.55. The van der Waals surface area contributed by atoms with E-state index in [-0.39, 0.29) is 23.9 Å². The number of carbonyl (C=O) groups excluding carboxylic acids is 2.